The molecule has 0 atom stereocenters. The van der Waals surface area contributed by atoms with Gasteiger partial charge in [-0.3, -0.25) is 9.48 Å². The van der Waals surface area contributed by atoms with E-state index in [9.17, 15) is 9.90 Å². The number of aryl methyl sites for hydroxylation is 1. The Balaban J connectivity index is 1.56. The van der Waals surface area contributed by atoms with Crippen molar-refractivity contribution in [2.75, 3.05) is 26.1 Å². The molecule has 4 rings (SSSR count). The van der Waals surface area contributed by atoms with Gasteiger partial charge >= 0.3 is 0 Å². The smallest absolute Gasteiger partial charge is 0.273 e. The van der Waals surface area contributed by atoms with Gasteiger partial charge in [-0.15, -0.1) is 0 Å². The third kappa shape index (κ3) is 5.28. The zero-order chi connectivity index (χ0) is 25.9. The Morgan fingerprint density at radius 2 is 1.83 bits per heavy atom. The fourth-order valence-electron chi connectivity index (χ4n) is 5.24. The van der Waals surface area contributed by atoms with Gasteiger partial charge in [0, 0.05) is 48.6 Å². The number of methoxy groups -OCH3 is 2. The van der Waals surface area contributed by atoms with Gasteiger partial charge in [-0.1, -0.05) is 19.9 Å². The molecule has 194 valence electrons. The average molecular weight is 495 g/mol. The summed E-state index contributed by atoms with van der Waals surface area (Å²) in [5.74, 6) is 1.69. The molecule has 1 aliphatic carbocycles. The van der Waals surface area contributed by atoms with Crippen LogP contribution < -0.4 is 20.3 Å². The number of aliphatic hydroxyl groups excluding tert-OH is 1. The van der Waals surface area contributed by atoms with Crippen molar-refractivity contribution in [3.05, 3.63) is 58.8 Å². The fourth-order valence-corrected chi connectivity index (χ4v) is 5.24. The number of benzene rings is 1. The first-order valence-electron chi connectivity index (χ1n) is 12.6. The van der Waals surface area contributed by atoms with Crippen LogP contribution in [0.1, 0.15) is 45.1 Å². The van der Waals surface area contributed by atoms with Crippen LogP contribution >= 0.6 is 0 Å². The molecule has 1 saturated carbocycles. The van der Waals surface area contributed by atoms with E-state index in [1.165, 1.54) is 0 Å². The lowest BCUT2D eigenvalue weighted by atomic mass is 9.68. The molecule has 0 spiro atoms. The minimum atomic E-state index is -0.340. The summed E-state index contributed by atoms with van der Waals surface area (Å²) in [5, 5.41) is 18.3. The predicted molar refractivity (Wildman–Crippen MR) is 142 cm³/mol. The van der Waals surface area contributed by atoms with Crippen LogP contribution in [0.25, 0.3) is 11.1 Å². The van der Waals surface area contributed by atoms with Gasteiger partial charge in [-0.05, 0) is 55.4 Å². The van der Waals surface area contributed by atoms with E-state index < -0.39 is 0 Å². The number of hydrogen-bond acceptors (Lipinski definition) is 6. The van der Waals surface area contributed by atoms with Gasteiger partial charge in [-0.25, -0.2) is 0 Å². The van der Waals surface area contributed by atoms with Gasteiger partial charge in [0.05, 0.1) is 27.0 Å². The van der Waals surface area contributed by atoms with E-state index in [1.54, 1.807) is 23.5 Å². The fraction of sp³-hybridized carbons (Fsp3) is 0.500. The van der Waals surface area contributed by atoms with E-state index in [4.69, 9.17) is 9.47 Å². The summed E-state index contributed by atoms with van der Waals surface area (Å²) >= 11 is 0. The van der Waals surface area contributed by atoms with E-state index in [0.717, 1.165) is 42.4 Å². The summed E-state index contributed by atoms with van der Waals surface area (Å²) < 4.78 is 14.5. The molecule has 1 fully saturated rings. The molecule has 1 aliphatic rings. The zero-order valence-electron chi connectivity index (χ0n) is 22.0. The molecule has 0 amide bonds. The third-order valence-electron chi connectivity index (χ3n) is 7.29. The number of aliphatic hydroxyl groups is 1. The first-order chi connectivity index (χ1) is 17.3. The van der Waals surface area contributed by atoms with E-state index in [1.807, 2.05) is 49.9 Å². The normalized spacial score (nSPS) is 19.9. The lowest BCUT2D eigenvalue weighted by Gasteiger charge is -2.40. The van der Waals surface area contributed by atoms with Crippen molar-refractivity contribution in [2.45, 2.75) is 57.5 Å². The number of nitrogens with zero attached hydrogens (tertiary/aromatic N) is 3. The molecule has 0 saturated heterocycles. The Morgan fingerprint density at radius 1 is 1.11 bits per heavy atom. The largest absolute Gasteiger partial charge is 0.493 e. The molecule has 0 unspecified atom stereocenters. The highest BCUT2D eigenvalue weighted by atomic mass is 16.5. The summed E-state index contributed by atoms with van der Waals surface area (Å²) in [4.78, 5) is 13.3. The monoisotopic (exact) mass is 494 g/mol. The van der Waals surface area contributed by atoms with Crippen LogP contribution in [0.4, 0.5) is 5.69 Å². The first-order valence-corrected chi connectivity index (χ1v) is 12.6. The van der Waals surface area contributed by atoms with E-state index in [0.29, 0.717) is 29.6 Å². The van der Waals surface area contributed by atoms with Crippen molar-refractivity contribution in [3.8, 4) is 22.6 Å². The van der Waals surface area contributed by atoms with E-state index in [-0.39, 0.29) is 23.6 Å². The molecular weight excluding hydrogens is 456 g/mol. The quantitative estimate of drug-likeness (QED) is 0.463. The summed E-state index contributed by atoms with van der Waals surface area (Å²) in [6, 6.07) is 7.99. The van der Waals surface area contributed by atoms with Crippen LogP contribution in [0.2, 0.25) is 0 Å². The molecular formula is C28H38N4O4. The number of nitrogens with one attached hydrogen (secondary N) is 1. The van der Waals surface area contributed by atoms with Gasteiger partial charge < -0.3 is 24.5 Å². The van der Waals surface area contributed by atoms with Crippen LogP contribution in [0, 0.1) is 5.92 Å². The lowest BCUT2D eigenvalue weighted by Crippen LogP contribution is -2.40. The number of rotatable bonds is 9. The number of pyridine rings is 1. The first kappa shape index (κ1) is 25.8. The van der Waals surface area contributed by atoms with Gasteiger partial charge in [0.2, 0.25) is 0 Å². The number of anilines is 1. The van der Waals surface area contributed by atoms with Crippen molar-refractivity contribution in [1.82, 2.24) is 14.3 Å². The standard InChI is InChI=1S/C28H38N4O4/c1-19(2)15-32-17-20(21-14-29-31(3)16-21)12-24(27(32)34)30-23-8-10-28(18-33,11-9-23)22-6-7-25(35-4)26(13-22)36-5/h6-7,12-14,16-17,19,23,30,33H,8-11,15,18H2,1-5H3/t23-,28+. The Morgan fingerprint density at radius 3 is 2.42 bits per heavy atom. The Bertz CT molecular complexity index is 1240. The second-order valence-electron chi connectivity index (χ2n) is 10.3. The minimum absolute atomic E-state index is 0.00442. The Hall–Kier alpha value is -3.26. The molecule has 8 nitrogen and oxygen atoms in total. The van der Waals surface area contributed by atoms with Crippen LogP contribution in [0.5, 0.6) is 11.5 Å². The zero-order valence-corrected chi connectivity index (χ0v) is 22.0. The molecule has 3 aromatic rings. The predicted octanol–water partition coefficient (Wildman–Crippen LogP) is 4.21. The highest BCUT2D eigenvalue weighted by molar-refractivity contribution is 5.65. The van der Waals surface area contributed by atoms with Gasteiger partial charge in [0.15, 0.2) is 11.5 Å². The highest BCUT2D eigenvalue weighted by Gasteiger charge is 2.37. The number of aromatic nitrogens is 3. The van der Waals surface area contributed by atoms with Crippen molar-refractivity contribution >= 4 is 5.69 Å². The molecule has 2 heterocycles. The maximum atomic E-state index is 13.3. The molecule has 36 heavy (non-hydrogen) atoms. The SMILES string of the molecule is COc1ccc([C@]2(CO)CC[C@H](Nc3cc(-c4cnn(C)c4)cn(CC(C)C)c3=O)CC2)cc1OC. The topological polar surface area (TPSA) is 90.5 Å². The van der Waals surface area contributed by atoms with E-state index >= 15 is 0 Å². The minimum Gasteiger partial charge on any atom is -0.493 e. The maximum absolute atomic E-state index is 13.3. The summed E-state index contributed by atoms with van der Waals surface area (Å²) in [6.07, 6.45) is 9.01. The van der Waals surface area contributed by atoms with Crippen molar-refractivity contribution in [2.24, 2.45) is 13.0 Å². The van der Waals surface area contributed by atoms with Crippen LogP contribution in [0.3, 0.4) is 0 Å². The maximum Gasteiger partial charge on any atom is 0.273 e. The van der Waals surface area contributed by atoms with Crippen LogP contribution in [-0.2, 0) is 19.0 Å². The second kappa shape index (κ2) is 10.8. The molecule has 0 bridgehead atoms. The number of hydrogen-bond donors (Lipinski definition) is 2. The molecule has 2 aromatic heterocycles. The summed E-state index contributed by atoms with van der Waals surface area (Å²) in [5.41, 5.74) is 3.28. The Labute approximate surface area is 212 Å². The van der Waals surface area contributed by atoms with E-state index in [2.05, 4.69) is 24.3 Å². The summed E-state index contributed by atoms with van der Waals surface area (Å²) in [6.45, 7) is 4.94. The third-order valence-corrected chi connectivity index (χ3v) is 7.29. The van der Waals surface area contributed by atoms with Crippen LogP contribution in [-0.4, -0.2) is 46.3 Å². The molecule has 2 N–H and O–H groups in total. The number of ether oxygens (including phenoxy) is 2. The summed E-state index contributed by atoms with van der Waals surface area (Å²) in [7, 11) is 5.13. The van der Waals surface area contributed by atoms with Crippen molar-refractivity contribution in [1.29, 1.82) is 0 Å². The van der Waals surface area contributed by atoms with Crippen molar-refractivity contribution < 1.29 is 14.6 Å². The molecule has 1 aromatic carbocycles. The molecule has 0 radical (unpaired) electrons. The highest BCUT2D eigenvalue weighted by Crippen LogP contribution is 2.42. The van der Waals surface area contributed by atoms with Crippen LogP contribution in [0.15, 0.2) is 47.7 Å². The van der Waals surface area contributed by atoms with Gasteiger partial charge in [0.1, 0.15) is 5.69 Å². The van der Waals surface area contributed by atoms with Gasteiger partial charge in [-0.2, -0.15) is 5.10 Å². The molecule has 8 heteroatoms. The van der Waals surface area contributed by atoms with Gasteiger partial charge in [0.25, 0.3) is 5.56 Å². The second-order valence-corrected chi connectivity index (χ2v) is 10.3. The molecule has 0 aliphatic heterocycles. The lowest BCUT2D eigenvalue weighted by molar-refractivity contribution is 0.147. The van der Waals surface area contributed by atoms with Crippen molar-refractivity contribution in [3.63, 3.8) is 0 Å². The Kier molecular flexibility index (Phi) is 7.73. The average Bonchev–Trinajstić information content (AvgIpc) is 3.32.